The molecule has 1 N–H and O–H groups in total. The highest BCUT2D eigenvalue weighted by molar-refractivity contribution is 7.10. The Morgan fingerprint density at radius 3 is 2.86 bits per heavy atom. The Balaban J connectivity index is 2.62. The van der Waals surface area contributed by atoms with Crippen LogP contribution in [0.4, 0.5) is 0 Å². The first-order valence-electron chi connectivity index (χ1n) is 4.83. The zero-order chi connectivity index (χ0) is 10.4. The summed E-state index contributed by atoms with van der Waals surface area (Å²) in [7, 11) is 0. The minimum Gasteiger partial charge on any atom is -0.380 e. The van der Waals surface area contributed by atoms with Crippen LogP contribution >= 0.6 is 22.9 Å². The van der Waals surface area contributed by atoms with Gasteiger partial charge in [-0.05, 0) is 24.9 Å². The Morgan fingerprint density at radius 1 is 1.57 bits per heavy atom. The number of nitrogens with one attached hydrogen (secondary N) is 1. The summed E-state index contributed by atoms with van der Waals surface area (Å²) >= 11 is 7.74. The maximum absolute atomic E-state index is 6.06. The highest BCUT2D eigenvalue weighted by Gasteiger charge is 2.14. The van der Waals surface area contributed by atoms with E-state index in [9.17, 15) is 0 Å². The molecule has 1 heterocycles. The smallest absolute Gasteiger partial charge is 0.0669 e. The minimum absolute atomic E-state index is 0.229. The molecule has 0 saturated carbocycles. The zero-order valence-electron chi connectivity index (χ0n) is 8.55. The van der Waals surface area contributed by atoms with Crippen LogP contribution in [0.2, 0.25) is 5.02 Å². The van der Waals surface area contributed by atoms with Crippen LogP contribution in [-0.2, 0) is 4.74 Å². The molecule has 4 heteroatoms. The van der Waals surface area contributed by atoms with Gasteiger partial charge in [0.1, 0.15) is 0 Å². The Kier molecular flexibility index (Phi) is 5.48. The monoisotopic (exact) mass is 233 g/mol. The van der Waals surface area contributed by atoms with Gasteiger partial charge in [-0.1, -0.05) is 18.5 Å². The third-order valence-electron chi connectivity index (χ3n) is 1.90. The first kappa shape index (κ1) is 12.0. The van der Waals surface area contributed by atoms with Crippen molar-refractivity contribution in [2.75, 3.05) is 19.8 Å². The van der Waals surface area contributed by atoms with Gasteiger partial charge in [0.15, 0.2) is 0 Å². The van der Waals surface area contributed by atoms with Crippen molar-refractivity contribution in [3.05, 3.63) is 21.3 Å². The first-order valence-corrected chi connectivity index (χ1v) is 6.09. The molecule has 1 rings (SSSR count). The summed E-state index contributed by atoms with van der Waals surface area (Å²) in [6.07, 6.45) is 0. The lowest BCUT2D eigenvalue weighted by molar-refractivity contribution is 0.124. The summed E-state index contributed by atoms with van der Waals surface area (Å²) in [4.78, 5) is 1.17. The molecule has 0 aliphatic carbocycles. The van der Waals surface area contributed by atoms with Crippen LogP contribution in [-0.4, -0.2) is 19.8 Å². The molecule has 1 aromatic heterocycles. The topological polar surface area (TPSA) is 21.3 Å². The molecule has 0 amide bonds. The van der Waals surface area contributed by atoms with Crippen molar-refractivity contribution in [3.8, 4) is 0 Å². The van der Waals surface area contributed by atoms with Crippen molar-refractivity contribution in [1.29, 1.82) is 0 Å². The molecule has 0 bridgehead atoms. The third-order valence-corrected chi connectivity index (χ3v) is 3.37. The Labute approximate surface area is 94.2 Å². The summed E-state index contributed by atoms with van der Waals surface area (Å²) in [6.45, 7) is 6.43. The van der Waals surface area contributed by atoms with E-state index in [1.165, 1.54) is 4.88 Å². The Bertz CT molecular complexity index is 264. The van der Waals surface area contributed by atoms with E-state index in [2.05, 4.69) is 12.2 Å². The van der Waals surface area contributed by atoms with Crippen LogP contribution in [0.3, 0.4) is 0 Å². The molecule has 0 fully saturated rings. The van der Waals surface area contributed by atoms with Gasteiger partial charge in [-0.3, -0.25) is 0 Å². The minimum atomic E-state index is 0.229. The van der Waals surface area contributed by atoms with E-state index >= 15 is 0 Å². The SMILES string of the molecule is CCNC(COCC)c1sccc1Cl. The summed E-state index contributed by atoms with van der Waals surface area (Å²) in [5.74, 6) is 0. The molecule has 14 heavy (non-hydrogen) atoms. The number of hydrogen-bond acceptors (Lipinski definition) is 3. The summed E-state index contributed by atoms with van der Waals surface area (Å²) in [5, 5.41) is 6.20. The van der Waals surface area contributed by atoms with Crippen LogP contribution in [0.15, 0.2) is 11.4 Å². The van der Waals surface area contributed by atoms with Crippen LogP contribution in [0, 0.1) is 0 Å². The number of ether oxygens (including phenoxy) is 1. The van der Waals surface area contributed by atoms with Crippen molar-refractivity contribution in [2.45, 2.75) is 19.9 Å². The van der Waals surface area contributed by atoms with E-state index in [0.717, 1.165) is 18.2 Å². The maximum atomic E-state index is 6.06. The molecule has 0 aliphatic heterocycles. The molecule has 1 atom stereocenters. The van der Waals surface area contributed by atoms with Crippen LogP contribution in [0.5, 0.6) is 0 Å². The van der Waals surface area contributed by atoms with Gasteiger partial charge in [-0.15, -0.1) is 11.3 Å². The fourth-order valence-corrected chi connectivity index (χ4v) is 2.51. The van der Waals surface area contributed by atoms with Crippen LogP contribution in [0.25, 0.3) is 0 Å². The van der Waals surface area contributed by atoms with Crippen LogP contribution < -0.4 is 5.32 Å². The third kappa shape index (κ3) is 3.24. The Hall–Kier alpha value is -0.0900. The van der Waals surface area contributed by atoms with E-state index < -0.39 is 0 Å². The predicted molar refractivity (Wildman–Crippen MR) is 62.2 cm³/mol. The molecule has 0 spiro atoms. The van der Waals surface area contributed by atoms with Gasteiger partial charge in [0.05, 0.1) is 17.7 Å². The molecule has 0 radical (unpaired) electrons. The van der Waals surface area contributed by atoms with Gasteiger partial charge in [0, 0.05) is 11.5 Å². The predicted octanol–water partition coefficient (Wildman–Crippen LogP) is 3.09. The average Bonchev–Trinajstić information content (AvgIpc) is 2.59. The molecule has 2 nitrogen and oxygen atoms in total. The van der Waals surface area contributed by atoms with E-state index in [1.54, 1.807) is 11.3 Å². The lowest BCUT2D eigenvalue weighted by atomic mass is 10.2. The average molecular weight is 234 g/mol. The molecule has 1 aromatic rings. The molecule has 0 aliphatic rings. The van der Waals surface area contributed by atoms with Crippen LogP contribution in [0.1, 0.15) is 24.8 Å². The second-order valence-electron chi connectivity index (χ2n) is 2.90. The fraction of sp³-hybridized carbons (Fsp3) is 0.600. The van der Waals surface area contributed by atoms with E-state index in [1.807, 2.05) is 18.4 Å². The molecular formula is C10H16ClNOS. The van der Waals surface area contributed by atoms with Crippen molar-refractivity contribution in [2.24, 2.45) is 0 Å². The van der Waals surface area contributed by atoms with Gasteiger partial charge in [-0.25, -0.2) is 0 Å². The number of likely N-dealkylation sites (N-methyl/N-ethyl adjacent to an activating group) is 1. The van der Waals surface area contributed by atoms with Gasteiger partial charge >= 0.3 is 0 Å². The van der Waals surface area contributed by atoms with Crippen molar-refractivity contribution >= 4 is 22.9 Å². The number of rotatable bonds is 6. The second-order valence-corrected chi connectivity index (χ2v) is 4.26. The highest BCUT2D eigenvalue weighted by atomic mass is 35.5. The van der Waals surface area contributed by atoms with Crippen molar-refractivity contribution in [3.63, 3.8) is 0 Å². The lowest BCUT2D eigenvalue weighted by Gasteiger charge is -2.16. The number of hydrogen-bond donors (Lipinski definition) is 1. The first-order chi connectivity index (χ1) is 6.79. The number of halogens is 1. The lowest BCUT2D eigenvalue weighted by Crippen LogP contribution is -2.24. The Morgan fingerprint density at radius 2 is 2.36 bits per heavy atom. The van der Waals surface area contributed by atoms with Crippen molar-refractivity contribution < 1.29 is 4.74 Å². The van der Waals surface area contributed by atoms with E-state index in [-0.39, 0.29) is 6.04 Å². The molecule has 0 saturated heterocycles. The standard InChI is InChI=1S/C10H16ClNOS/c1-3-12-9(7-13-4-2)10-8(11)5-6-14-10/h5-6,9,12H,3-4,7H2,1-2H3. The maximum Gasteiger partial charge on any atom is 0.0669 e. The molecule has 0 aromatic carbocycles. The summed E-state index contributed by atoms with van der Waals surface area (Å²) < 4.78 is 5.41. The second kappa shape index (κ2) is 6.40. The largest absolute Gasteiger partial charge is 0.380 e. The summed E-state index contributed by atoms with van der Waals surface area (Å²) in [5.41, 5.74) is 0. The van der Waals surface area contributed by atoms with Gasteiger partial charge in [0.25, 0.3) is 0 Å². The molecule has 1 unspecified atom stereocenters. The summed E-state index contributed by atoms with van der Waals surface area (Å²) in [6, 6.07) is 2.16. The quantitative estimate of drug-likeness (QED) is 0.816. The van der Waals surface area contributed by atoms with Gasteiger partial charge < -0.3 is 10.1 Å². The number of thiophene rings is 1. The van der Waals surface area contributed by atoms with E-state index in [4.69, 9.17) is 16.3 Å². The molecular weight excluding hydrogens is 218 g/mol. The normalized spacial score (nSPS) is 13.1. The molecule has 80 valence electrons. The zero-order valence-corrected chi connectivity index (χ0v) is 10.1. The van der Waals surface area contributed by atoms with Gasteiger partial charge in [-0.2, -0.15) is 0 Å². The van der Waals surface area contributed by atoms with E-state index in [0.29, 0.717) is 6.61 Å². The highest BCUT2D eigenvalue weighted by Crippen LogP contribution is 2.28. The van der Waals surface area contributed by atoms with Gasteiger partial charge in [0.2, 0.25) is 0 Å². The van der Waals surface area contributed by atoms with Crippen molar-refractivity contribution in [1.82, 2.24) is 5.32 Å². The fourth-order valence-electron chi connectivity index (χ4n) is 1.26.